The summed E-state index contributed by atoms with van der Waals surface area (Å²) in [6.45, 7) is 3.76. The summed E-state index contributed by atoms with van der Waals surface area (Å²) in [6, 6.07) is 0.0269. The first-order valence-electron chi connectivity index (χ1n) is 6.56. The highest BCUT2D eigenvalue weighted by Gasteiger charge is 2.52. The Morgan fingerprint density at radius 1 is 1.41 bits per heavy atom. The highest BCUT2D eigenvalue weighted by molar-refractivity contribution is 5.85. The van der Waals surface area contributed by atoms with Crippen LogP contribution >= 0.6 is 0 Å². The van der Waals surface area contributed by atoms with E-state index in [1.165, 1.54) is 12.8 Å². The van der Waals surface area contributed by atoms with E-state index < -0.39 is 5.97 Å². The minimum absolute atomic E-state index is 0.0269. The Balaban J connectivity index is 1.94. The third-order valence-corrected chi connectivity index (χ3v) is 4.10. The minimum Gasteiger partial charge on any atom is -0.480 e. The van der Waals surface area contributed by atoms with E-state index in [9.17, 15) is 9.59 Å². The van der Waals surface area contributed by atoms with Gasteiger partial charge in [-0.15, -0.1) is 0 Å². The predicted molar refractivity (Wildman–Crippen MR) is 63.4 cm³/mol. The molecule has 0 aromatic heterocycles. The Morgan fingerprint density at radius 3 is 2.53 bits per heavy atom. The molecule has 0 aromatic carbocycles. The van der Waals surface area contributed by atoms with Crippen LogP contribution in [0.15, 0.2) is 0 Å². The van der Waals surface area contributed by atoms with Crippen molar-refractivity contribution in [1.29, 1.82) is 0 Å². The molecule has 0 radical (unpaired) electrons. The lowest BCUT2D eigenvalue weighted by Crippen LogP contribution is -2.43. The molecule has 2 rings (SSSR count). The number of aliphatic carboxylic acids is 1. The first-order valence-corrected chi connectivity index (χ1v) is 6.56. The molecule has 0 aromatic rings. The summed E-state index contributed by atoms with van der Waals surface area (Å²) in [5.74, 6) is 0.590. The van der Waals surface area contributed by atoms with E-state index >= 15 is 0 Å². The summed E-state index contributed by atoms with van der Waals surface area (Å²) in [7, 11) is 0. The monoisotopic (exact) mass is 239 g/mol. The number of carboxylic acids is 1. The summed E-state index contributed by atoms with van der Waals surface area (Å²) in [6.07, 6.45) is 4.31. The van der Waals surface area contributed by atoms with Crippen LogP contribution in [0, 0.1) is 17.8 Å². The predicted octanol–water partition coefficient (Wildman–Crippen LogP) is 1.74. The van der Waals surface area contributed by atoms with Gasteiger partial charge >= 0.3 is 5.97 Å². The van der Waals surface area contributed by atoms with Gasteiger partial charge in [-0.3, -0.25) is 9.59 Å². The summed E-state index contributed by atoms with van der Waals surface area (Å²) in [5, 5.41) is 8.87. The van der Waals surface area contributed by atoms with E-state index in [0.717, 1.165) is 18.8 Å². The molecule has 0 bridgehead atoms. The fourth-order valence-electron chi connectivity index (χ4n) is 2.57. The Morgan fingerprint density at radius 2 is 2.06 bits per heavy atom. The smallest absolute Gasteiger partial charge is 0.323 e. The molecular weight excluding hydrogens is 218 g/mol. The van der Waals surface area contributed by atoms with E-state index in [1.807, 2.05) is 13.8 Å². The van der Waals surface area contributed by atoms with Crippen molar-refractivity contribution < 1.29 is 14.7 Å². The molecule has 0 spiro atoms. The fourth-order valence-corrected chi connectivity index (χ4v) is 2.57. The first-order chi connectivity index (χ1) is 8.04. The van der Waals surface area contributed by atoms with Gasteiger partial charge in [0.25, 0.3) is 0 Å². The van der Waals surface area contributed by atoms with Crippen molar-refractivity contribution >= 4 is 11.9 Å². The van der Waals surface area contributed by atoms with E-state index in [0.29, 0.717) is 5.92 Å². The van der Waals surface area contributed by atoms with Crippen LogP contribution in [0.3, 0.4) is 0 Å². The normalized spacial score (nSPS) is 28.6. The molecule has 0 aliphatic heterocycles. The number of amides is 1. The molecule has 2 saturated carbocycles. The molecule has 2 aliphatic rings. The van der Waals surface area contributed by atoms with Gasteiger partial charge in [0, 0.05) is 12.0 Å². The molecular formula is C13H21NO3. The molecule has 1 amide bonds. The van der Waals surface area contributed by atoms with Crippen molar-refractivity contribution in [2.75, 3.05) is 6.54 Å². The molecule has 4 heteroatoms. The number of nitrogens with zero attached hydrogens (tertiary/aromatic N) is 1. The third-order valence-electron chi connectivity index (χ3n) is 4.10. The van der Waals surface area contributed by atoms with Crippen LogP contribution in [0.2, 0.25) is 0 Å². The second-order valence-corrected chi connectivity index (χ2v) is 5.46. The SMILES string of the molecule is CC[C@H](C)N(CC(=O)O)C(=O)[C@H]1C[C@H]1C1CC1. The summed E-state index contributed by atoms with van der Waals surface area (Å²) in [5.41, 5.74) is 0. The highest BCUT2D eigenvalue weighted by atomic mass is 16.4. The molecule has 4 nitrogen and oxygen atoms in total. The fraction of sp³-hybridized carbons (Fsp3) is 0.846. The van der Waals surface area contributed by atoms with Gasteiger partial charge in [-0.1, -0.05) is 6.92 Å². The van der Waals surface area contributed by atoms with Crippen molar-refractivity contribution in [1.82, 2.24) is 4.90 Å². The van der Waals surface area contributed by atoms with Crippen LogP contribution in [0.25, 0.3) is 0 Å². The van der Waals surface area contributed by atoms with Crippen molar-refractivity contribution in [3.05, 3.63) is 0 Å². The van der Waals surface area contributed by atoms with Crippen LogP contribution in [-0.4, -0.2) is 34.5 Å². The maximum atomic E-state index is 12.2. The minimum atomic E-state index is -0.915. The number of carboxylic acid groups (broad SMARTS) is 1. The zero-order valence-electron chi connectivity index (χ0n) is 10.6. The number of carbonyl (C=O) groups excluding carboxylic acids is 1. The zero-order chi connectivity index (χ0) is 12.6. The van der Waals surface area contributed by atoms with Crippen molar-refractivity contribution in [2.45, 2.75) is 45.6 Å². The quantitative estimate of drug-likeness (QED) is 0.768. The lowest BCUT2D eigenvalue weighted by Gasteiger charge is -2.27. The van der Waals surface area contributed by atoms with Gasteiger partial charge in [-0.2, -0.15) is 0 Å². The molecule has 3 atom stereocenters. The molecule has 0 heterocycles. The standard InChI is InChI=1S/C13H21NO3/c1-3-8(2)14(7-12(15)16)13(17)11-6-10(11)9-4-5-9/h8-11H,3-7H2,1-2H3,(H,15,16)/t8-,10-,11-/m0/s1. The maximum Gasteiger partial charge on any atom is 0.323 e. The Bertz CT molecular complexity index is 325. The van der Waals surface area contributed by atoms with Crippen LogP contribution < -0.4 is 0 Å². The van der Waals surface area contributed by atoms with Crippen LogP contribution in [0.4, 0.5) is 0 Å². The number of hydrogen-bond acceptors (Lipinski definition) is 2. The second-order valence-electron chi connectivity index (χ2n) is 5.46. The van der Waals surface area contributed by atoms with Gasteiger partial charge in [0.15, 0.2) is 0 Å². The largest absolute Gasteiger partial charge is 0.480 e. The van der Waals surface area contributed by atoms with Gasteiger partial charge in [-0.05, 0) is 44.4 Å². The lowest BCUT2D eigenvalue weighted by molar-refractivity contribution is -0.146. The number of rotatable bonds is 6. The Kier molecular flexibility index (Phi) is 3.40. The van der Waals surface area contributed by atoms with Crippen LogP contribution in [-0.2, 0) is 9.59 Å². The summed E-state index contributed by atoms with van der Waals surface area (Å²) in [4.78, 5) is 24.6. The molecule has 2 aliphatic carbocycles. The summed E-state index contributed by atoms with van der Waals surface area (Å²) < 4.78 is 0. The Labute approximate surface area is 102 Å². The maximum absolute atomic E-state index is 12.2. The zero-order valence-corrected chi connectivity index (χ0v) is 10.6. The Hall–Kier alpha value is -1.06. The van der Waals surface area contributed by atoms with E-state index in [4.69, 9.17) is 5.11 Å². The topological polar surface area (TPSA) is 57.6 Å². The molecule has 0 saturated heterocycles. The second kappa shape index (κ2) is 4.67. The molecule has 0 unspecified atom stereocenters. The molecule has 1 N–H and O–H groups in total. The average molecular weight is 239 g/mol. The highest BCUT2D eigenvalue weighted by Crippen LogP contribution is 2.55. The van der Waals surface area contributed by atoms with Crippen molar-refractivity contribution in [3.63, 3.8) is 0 Å². The first kappa shape index (κ1) is 12.4. The number of hydrogen-bond donors (Lipinski definition) is 1. The summed E-state index contributed by atoms with van der Waals surface area (Å²) >= 11 is 0. The molecule has 17 heavy (non-hydrogen) atoms. The lowest BCUT2D eigenvalue weighted by atomic mass is 10.1. The molecule has 2 fully saturated rings. The average Bonchev–Trinajstić information content (AvgIpc) is 3.14. The van der Waals surface area contributed by atoms with Gasteiger partial charge in [0.2, 0.25) is 5.91 Å². The van der Waals surface area contributed by atoms with Crippen LogP contribution in [0.5, 0.6) is 0 Å². The van der Waals surface area contributed by atoms with E-state index in [-0.39, 0.29) is 24.4 Å². The van der Waals surface area contributed by atoms with Crippen LogP contribution in [0.1, 0.15) is 39.5 Å². The van der Waals surface area contributed by atoms with E-state index in [1.54, 1.807) is 4.90 Å². The van der Waals surface area contributed by atoms with Gasteiger partial charge in [-0.25, -0.2) is 0 Å². The number of carbonyl (C=O) groups is 2. The van der Waals surface area contributed by atoms with Gasteiger partial charge in [0.05, 0.1) is 0 Å². The van der Waals surface area contributed by atoms with Gasteiger partial charge < -0.3 is 10.0 Å². The third kappa shape index (κ3) is 2.79. The van der Waals surface area contributed by atoms with Crippen molar-refractivity contribution in [2.24, 2.45) is 17.8 Å². The van der Waals surface area contributed by atoms with Crippen molar-refractivity contribution in [3.8, 4) is 0 Å². The van der Waals surface area contributed by atoms with E-state index in [2.05, 4.69) is 0 Å². The molecule has 96 valence electrons. The van der Waals surface area contributed by atoms with Gasteiger partial charge in [0.1, 0.15) is 6.54 Å².